The van der Waals surface area contributed by atoms with Crippen molar-refractivity contribution in [3.05, 3.63) is 41.0 Å². The molecule has 0 heterocycles. The Morgan fingerprint density at radius 2 is 1.69 bits per heavy atom. The van der Waals surface area contributed by atoms with Gasteiger partial charge < -0.3 is 0 Å². The van der Waals surface area contributed by atoms with Crippen LogP contribution in [0.3, 0.4) is 0 Å². The SMILES string of the molecule is C=C(C)c1c(C)cc(CC)cc1C. The third-order valence-corrected chi connectivity index (χ3v) is 2.43. The van der Waals surface area contributed by atoms with Gasteiger partial charge in [0, 0.05) is 0 Å². The van der Waals surface area contributed by atoms with Gasteiger partial charge in [-0.1, -0.05) is 31.2 Å². The molecule has 0 bridgehead atoms. The topological polar surface area (TPSA) is 0 Å². The Kier molecular flexibility index (Phi) is 2.92. The van der Waals surface area contributed by atoms with E-state index in [1.807, 2.05) is 0 Å². The van der Waals surface area contributed by atoms with Crippen molar-refractivity contribution in [3.63, 3.8) is 0 Å². The van der Waals surface area contributed by atoms with Crippen LogP contribution >= 0.6 is 0 Å². The average molecular weight is 174 g/mol. The quantitative estimate of drug-likeness (QED) is 0.638. The molecule has 0 aliphatic carbocycles. The van der Waals surface area contributed by atoms with Crippen molar-refractivity contribution in [1.82, 2.24) is 0 Å². The molecule has 0 atom stereocenters. The third-order valence-electron chi connectivity index (χ3n) is 2.43. The first kappa shape index (κ1) is 10.0. The zero-order valence-electron chi connectivity index (χ0n) is 9.07. The number of allylic oxidation sites excluding steroid dienone is 1. The van der Waals surface area contributed by atoms with E-state index in [0.717, 1.165) is 12.0 Å². The molecule has 1 aromatic carbocycles. The van der Waals surface area contributed by atoms with Crippen molar-refractivity contribution in [2.45, 2.75) is 34.1 Å². The summed E-state index contributed by atoms with van der Waals surface area (Å²) in [6.07, 6.45) is 1.11. The fourth-order valence-corrected chi connectivity index (χ4v) is 1.93. The van der Waals surface area contributed by atoms with Crippen molar-refractivity contribution >= 4 is 5.57 Å². The molecular formula is C13H18. The summed E-state index contributed by atoms with van der Waals surface area (Å²) in [6, 6.07) is 4.52. The molecule has 0 heteroatoms. The molecule has 1 aromatic rings. The lowest BCUT2D eigenvalue weighted by Gasteiger charge is -2.11. The lowest BCUT2D eigenvalue weighted by atomic mass is 9.94. The van der Waals surface area contributed by atoms with Crippen LogP contribution in [0.15, 0.2) is 18.7 Å². The molecule has 0 nitrogen and oxygen atoms in total. The predicted molar refractivity (Wildman–Crippen MR) is 60.0 cm³/mol. The zero-order chi connectivity index (χ0) is 10.0. The van der Waals surface area contributed by atoms with Crippen LogP contribution in [0.2, 0.25) is 0 Å². The van der Waals surface area contributed by atoms with E-state index in [-0.39, 0.29) is 0 Å². The maximum absolute atomic E-state index is 4.00. The first-order chi connectivity index (χ1) is 6.06. The van der Waals surface area contributed by atoms with Crippen molar-refractivity contribution in [1.29, 1.82) is 0 Å². The fourth-order valence-electron chi connectivity index (χ4n) is 1.93. The lowest BCUT2D eigenvalue weighted by molar-refractivity contribution is 1.12. The van der Waals surface area contributed by atoms with Crippen molar-refractivity contribution < 1.29 is 0 Å². The summed E-state index contributed by atoms with van der Waals surface area (Å²) < 4.78 is 0. The van der Waals surface area contributed by atoms with E-state index in [0.29, 0.717) is 0 Å². The summed E-state index contributed by atoms with van der Waals surface area (Å²) in [4.78, 5) is 0. The molecule has 0 spiro atoms. The average Bonchev–Trinajstić information content (AvgIpc) is 2.02. The van der Waals surface area contributed by atoms with Gasteiger partial charge in [0.05, 0.1) is 0 Å². The van der Waals surface area contributed by atoms with Crippen LogP contribution in [-0.2, 0) is 6.42 Å². The molecule has 0 saturated heterocycles. The highest BCUT2D eigenvalue weighted by Gasteiger charge is 2.04. The second-order valence-corrected chi connectivity index (χ2v) is 3.74. The summed E-state index contributed by atoms with van der Waals surface area (Å²) in [5.41, 5.74) is 6.61. The van der Waals surface area contributed by atoms with Crippen LogP contribution in [0.4, 0.5) is 0 Å². The van der Waals surface area contributed by atoms with Crippen molar-refractivity contribution in [3.8, 4) is 0 Å². The van der Waals surface area contributed by atoms with Gasteiger partial charge in [-0.05, 0) is 49.4 Å². The maximum atomic E-state index is 4.00. The Bertz CT molecular complexity index is 309. The third kappa shape index (κ3) is 2.00. The number of aryl methyl sites for hydroxylation is 3. The highest BCUT2D eigenvalue weighted by Crippen LogP contribution is 2.23. The van der Waals surface area contributed by atoms with E-state index in [1.54, 1.807) is 0 Å². The molecule has 0 saturated carbocycles. The van der Waals surface area contributed by atoms with Crippen LogP contribution < -0.4 is 0 Å². The fraction of sp³-hybridized carbons (Fsp3) is 0.385. The van der Waals surface area contributed by atoms with Gasteiger partial charge in [0.2, 0.25) is 0 Å². The second kappa shape index (κ2) is 3.78. The summed E-state index contributed by atoms with van der Waals surface area (Å²) in [7, 11) is 0. The van der Waals surface area contributed by atoms with E-state index >= 15 is 0 Å². The van der Waals surface area contributed by atoms with E-state index in [9.17, 15) is 0 Å². The van der Waals surface area contributed by atoms with Gasteiger partial charge in [0.15, 0.2) is 0 Å². The Labute approximate surface area is 81.3 Å². The number of hydrogen-bond donors (Lipinski definition) is 0. The zero-order valence-corrected chi connectivity index (χ0v) is 9.07. The van der Waals surface area contributed by atoms with Gasteiger partial charge in [0.1, 0.15) is 0 Å². The smallest absolute Gasteiger partial charge is 0.0174 e. The highest BCUT2D eigenvalue weighted by atomic mass is 14.1. The summed E-state index contributed by atoms with van der Waals surface area (Å²) >= 11 is 0. The Hall–Kier alpha value is -1.04. The molecule has 0 aromatic heterocycles. The summed E-state index contributed by atoms with van der Waals surface area (Å²) in [5, 5.41) is 0. The van der Waals surface area contributed by atoms with Crippen LogP contribution in [0.5, 0.6) is 0 Å². The Balaban J connectivity index is 3.31. The molecule has 0 unspecified atom stereocenters. The predicted octanol–water partition coefficient (Wildman–Crippen LogP) is 3.90. The molecule has 0 aliphatic rings. The molecular weight excluding hydrogens is 156 g/mol. The molecule has 0 N–H and O–H groups in total. The van der Waals surface area contributed by atoms with Crippen LogP contribution in [0.1, 0.15) is 36.1 Å². The minimum atomic E-state index is 1.11. The normalized spacial score (nSPS) is 10.2. The highest BCUT2D eigenvalue weighted by molar-refractivity contribution is 5.67. The van der Waals surface area contributed by atoms with Crippen LogP contribution in [0.25, 0.3) is 5.57 Å². The molecule has 0 radical (unpaired) electrons. The molecule has 0 fully saturated rings. The number of hydrogen-bond acceptors (Lipinski definition) is 0. The van der Waals surface area contributed by atoms with E-state index in [4.69, 9.17) is 0 Å². The maximum Gasteiger partial charge on any atom is -0.0174 e. The van der Waals surface area contributed by atoms with Crippen LogP contribution in [0, 0.1) is 13.8 Å². The van der Waals surface area contributed by atoms with E-state index in [2.05, 4.69) is 46.4 Å². The van der Waals surface area contributed by atoms with Crippen LogP contribution in [-0.4, -0.2) is 0 Å². The Morgan fingerprint density at radius 3 is 2.00 bits per heavy atom. The number of rotatable bonds is 2. The minimum absolute atomic E-state index is 1.11. The molecule has 0 aliphatic heterocycles. The summed E-state index contributed by atoms with van der Waals surface area (Å²) in [5.74, 6) is 0. The molecule has 13 heavy (non-hydrogen) atoms. The van der Waals surface area contributed by atoms with Gasteiger partial charge in [0.25, 0.3) is 0 Å². The van der Waals surface area contributed by atoms with Gasteiger partial charge in [-0.15, -0.1) is 0 Å². The molecule has 0 amide bonds. The van der Waals surface area contributed by atoms with Crippen molar-refractivity contribution in [2.24, 2.45) is 0 Å². The van der Waals surface area contributed by atoms with E-state index in [1.165, 1.54) is 22.3 Å². The lowest BCUT2D eigenvalue weighted by Crippen LogP contribution is -1.93. The van der Waals surface area contributed by atoms with Gasteiger partial charge in [-0.25, -0.2) is 0 Å². The van der Waals surface area contributed by atoms with Gasteiger partial charge >= 0.3 is 0 Å². The van der Waals surface area contributed by atoms with E-state index < -0.39 is 0 Å². The van der Waals surface area contributed by atoms with Crippen molar-refractivity contribution in [2.75, 3.05) is 0 Å². The Morgan fingerprint density at radius 1 is 1.23 bits per heavy atom. The minimum Gasteiger partial charge on any atom is -0.0955 e. The van der Waals surface area contributed by atoms with Gasteiger partial charge in [-0.2, -0.15) is 0 Å². The number of benzene rings is 1. The second-order valence-electron chi connectivity index (χ2n) is 3.74. The molecule has 1 rings (SSSR count). The monoisotopic (exact) mass is 174 g/mol. The first-order valence-corrected chi connectivity index (χ1v) is 4.82. The summed E-state index contributed by atoms with van der Waals surface area (Å²) in [6.45, 7) is 12.6. The largest absolute Gasteiger partial charge is 0.0955 e. The molecule has 70 valence electrons. The van der Waals surface area contributed by atoms with Gasteiger partial charge in [-0.3, -0.25) is 0 Å². The standard InChI is InChI=1S/C13H18/c1-6-12-7-10(4)13(9(2)3)11(5)8-12/h7-8H,2,6H2,1,3-5H3. The first-order valence-electron chi connectivity index (χ1n) is 4.82.